The Balaban J connectivity index is 0.00000392. The van der Waals surface area contributed by atoms with Crippen molar-refractivity contribution < 1.29 is 17.9 Å². The van der Waals surface area contributed by atoms with E-state index in [1.165, 1.54) is 11.1 Å². The molecular formula is C18H31IN4O4S. The molecule has 2 N–H and O–H groups in total. The van der Waals surface area contributed by atoms with Gasteiger partial charge in [-0.05, 0) is 43.0 Å². The molecule has 1 aromatic carbocycles. The number of methoxy groups -OCH3 is 2. The molecule has 0 saturated carbocycles. The second kappa shape index (κ2) is 11.7. The number of halogens is 1. The minimum Gasteiger partial charge on any atom is -0.493 e. The predicted octanol–water partition coefficient (Wildman–Crippen LogP) is 1.58. The third-order valence-electron chi connectivity index (χ3n) is 4.57. The van der Waals surface area contributed by atoms with Gasteiger partial charge in [0.1, 0.15) is 0 Å². The van der Waals surface area contributed by atoms with E-state index < -0.39 is 10.0 Å². The molecule has 0 bridgehead atoms. The van der Waals surface area contributed by atoms with Crippen LogP contribution in [0.2, 0.25) is 0 Å². The van der Waals surface area contributed by atoms with Gasteiger partial charge in [0.25, 0.3) is 0 Å². The Kier molecular flexibility index (Phi) is 10.3. The predicted molar refractivity (Wildman–Crippen MR) is 123 cm³/mol. The Morgan fingerprint density at radius 2 is 1.82 bits per heavy atom. The lowest BCUT2D eigenvalue weighted by atomic mass is 9.99. The number of hydrogen-bond donors (Lipinski definition) is 2. The first-order chi connectivity index (χ1) is 12.9. The van der Waals surface area contributed by atoms with Crippen molar-refractivity contribution in [2.45, 2.75) is 26.3 Å². The molecular weight excluding hydrogens is 495 g/mol. The molecule has 1 aromatic rings. The number of hydrogen-bond acceptors (Lipinski definition) is 5. The summed E-state index contributed by atoms with van der Waals surface area (Å²) in [6.07, 6.45) is 1.58. The number of ether oxygens (including phenoxy) is 2. The smallest absolute Gasteiger partial charge is 0.211 e. The van der Waals surface area contributed by atoms with Crippen molar-refractivity contribution >= 4 is 40.0 Å². The fourth-order valence-electron chi connectivity index (χ4n) is 3.01. The second-order valence-corrected chi connectivity index (χ2v) is 8.37. The van der Waals surface area contributed by atoms with Crippen molar-refractivity contribution in [3.63, 3.8) is 0 Å². The molecule has 28 heavy (non-hydrogen) atoms. The number of guanidine groups is 1. The minimum absolute atomic E-state index is 0. The van der Waals surface area contributed by atoms with E-state index in [1.54, 1.807) is 28.2 Å². The highest BCUT2D eigenvalue weighted by molar-refractivity contribution is 14.0. The van der Waals surface area contributed by atoms with Gasteiger partial charge in [-0.3, -0.25) is 4.99 Å². The Hall–Kier alpha value is -1.27. The first-order valence-corrected chi connectivity index (χ1v) is 10.8. The monoisotopic (exact) mass is 526 g/mol. The number of nitrogens with one attached hydrogen (secondary N) is 2. The third kappa shape index (κ3) is 6.66. The van der Waals surface area contributed by atoms with Crippen LogP contribution >= 0.6 is 24.0 Å². The highest BCUT2D eigenvalue weighted by Gasteiger charge is 2.21. The molecule has 1 aliphatic heterocycles. The van der Waals surface area contributed by atoms with Gasteiger partial charge in [0.15, 0.2) is 17.5 Å². The Morgan fingerprint density at radius 1 is 1.18 bits per heavy atom. The van der Waals surface area contributed by atoms with Crippen LogP contribution in [-0.4, -0.2) is 65.9 Å². The maximum atomic E-state index is 11.4. The van der Waals surface area contributed by atoms with E-state index in [9.17, 15) is 8.42 Å². The molecule has 160 valence electrons. The largest absolute Gasteiger partial charge is 0.493 e. The van der Waals surface area contributed by atoms with Gasteiger partial charge in [0.05, 0.1) is 20.0 Å². The molecule has 10 heteroatoms. The van der Waals surface area contributed by atoms with E-state index >= 15 is 0 Å². The van der Waals surface area contributed by atoms with Gasteiger partial charge < -0.3 is 19.7 Å². The zero-order valence-corrected chi connectivity index (χ0v) is 20.1. The highest BCUT2D eigenvalue weighted by atomic mass is 127. The molecule has 1 heterocycles. The van der Waals surface area contributed by atoms with Crippen LogP contribution in [0.5, 0.6) is 11.5 Å². The van der Waals surface area contributed by atoms with E-state index in [0.717, 1.165) is 37.0 Å². The maximum Gasteiger partial charge on any atom is 0.211 e. The standard InChI is InChI=1S/C18H30N4O4S.HI/c1-5-27(23,24)21-9-6-8-20-18(19-2)22-10-7-14-11-16(25-3)17(26-4)12-15(14)13-22;/h11-12,21H,5-10,13H2,1-4H3,(H,19,20);1H. The van der Waals surface area contributed by atoms with Crippen molar-refractivity contribution in [2.75, 3.05) is 46.7 Å². The molecule has 8 nitrogen and oxygen atoms in total. The molecule has 0 saturated heterocycles. The normalized spacial score (nSPS) is 14.1. The van der Waals surface area contributed by atoms with Crippen molar-refractivity contribution in [3.05, 3.63) is 23.3 Å². The number of rotatable bonds is 8. The maximum absolute atomic E-state index is 11.4. The third-order valence-corrected chi connectivity index (χ3v) is 5.97. The highest BCUT2D eigenvalue weighted by Crippen LogP contribution is 2.33. The summed E-state index contributed by atoms with van der Waals surface area (Å²) < 4.78 is 36.2. The van der Waals surface area contributed by atoms with E-state index in [2.05, 4.69) is 19.9 Å². The second-order valence-electron chi connectivity index (χ2n) is 6.27. The Morgan fingerprint density at radius 3 is 2.39 bits per heavy atom. The molecule has 0 radical (unpaired) electrons. The zero-order valence-electron chi connectivity index (χ0n) is 16.9. The van der Waals surface area contributed by atoms with Gasteiger partial charge in [0.2, 0.25) is 10.0 Å². The topological polar surface area (TPSA) is 92.3 Å². The van der Waals surface area contributed by atoms with Crippen molar-refractivity contribution in [3.8, 4) is 11.5 Å². The average molecular weight is 526 g/mol. The van der Waals surface area contributed by atoms with E-state index in [0.29, 0.717) is 19.5 Å². The number of aliphatic imine (C=N–C) groups is 1. The van der Waals surface area contributed by atoms with Gasteiger partial charge in [-0.25, -0.2) is 13.1 Å². The number of sulfonamides is 1. The first kappa shape index (κ1) is 24.8. The van der Waals surface area contributed by atoms with Gasteiger partial charge >= 0.3 is 0 Å². The molecule has 0 aliphatic carbocycles. The molecule has 0 amide bonds. The summed E-state index contributed by atoms with van der Waals surface area (Å²) in [5.74, 6) is 2.39. The SMILES string of the molecule is CCS(=O)(=O)NCCCNC(=NC)N1CCc2cc(OC)c(OC)cc2C1.I. The summed E-state index contributed by atoms with van der Waals surface area (Å²) in [6, 6.07) is 4.06. The van der Waals surface area contributed by atoms with Crippen molar-refractivity contribution in [1.82, 2.24) is 14.9 Å². The van der Waals surface area contributed by atoms with Gasteiger partial charge in [-0.15, -0.1) is 24.0 Å². The molecule has 0 fully saturated rings. The molecule has 0 atom stereocenters. The minimum atomic E-state index is -3.13. The summed E-state index contributed by atoms with van der Waals surface area (Å²) in [5.41, 5.74) is 2.45. The summed E-state index contributed by atoms with van der Waals surface area (Å²) >= 11 is 0. The van der Waals surface area contributed by atoms with Crippen LogP contribution in [0.4, 0.5) is 0 Å². The van der Waals surface area contributed by atoms with Crippen LogP contribution in [0.1, 0.15) is 24.5 Å². The average Bonchev–Trinajstić information content (AvgIpc) is 2.69. The van der Waals surface area contributed by atoms with E-state index in [4.69, 9.17) is 9.47 Å². The lowest BCUT2D eigenvalue weighted by molar-refractivity contribution is 0.346. The fourth-order valence-corrected chi connectivity index (χ4v) is 3.67. The van der Waals surface area contributed by atoms with E-state index in [-0.39, 0.29) is 29.7 Å². The van der Waals surface area contributed by atoms with Crippen LogP contribution in [0.25, 0.3) is 0 Å². The van der Waals surface area contributed by atoms with Crippen LogP contribution in [0.3, 0.4) is 0 Å². The molecule has 0 aromatic heterocycles. The summed E-state index contributed by atoms with van der Waals surface area (Å²) in [5, 5.41) is 3.31. The molecule has 1 aliphatic rings. The van der Waals surface area contributed by atoms with Gasteiger partial charge in [-0.1, -0.05) is 0 Å². The van der Waals surface area contributed by atoms with E-state index in [1.807, 2.05) is 12.1 Å². The molecule has 0 unspecified atom stereocenters. The Labute approximate surface area is 185 Å². The molecule has 2 rings (SSSR count). The van der Waals surface area contributed by atoms with Crippen LogP contribution < -0.4 is 19.5 Å². The fraction of sp³-hybridized carbons (Fsp3) is 0.611. The van der Waals surface area contributed by atoms with Crippen molar-refractivity contribution in [2.24, 2.45) is 4.99 Å². The zero-order chi connectivity index (χ0) is 19.9. The number of nitrogens with zero attached hydrogens (tertiary/aromatic N) is 2. The quantitative estimate of drug-likeness (QED) is 0.232. The lowest BCUT2D eigenvalue weighted by Crippen LogP contribution is -2.44. The van der Waals surface area contributed by atoms with Crippen LogP contribution in [-0.2, 0) is 23.0 Å². The summed E-state index contributed by atoms with van der Waals surface area (Å²) in [7, 11) is 1.91. The number of fused-ring (bicyclic) bond motifs is 1. The summed E-state index contributed by atoms with van der Waals surface area (Å²) in [4.78, 5) is 6.55. The van der Waals surface area contributed by atoms with Crippen molar-refractivity contribution in [1.29, 1.82) is 0 Å². The lowest BCUT2D eigenvalue weighted by Gasteiger charge is -2.32. The van der Waals surface area contributed by atoms with Crippen LogP contribution in [0, 0.1) is 0 Å². The summed E-state index contributed by atoms with van der Waals surface area (Å²) in [6.45, 7) is 4.28. The molecule has 0 spiro atoms. The first-order valence-electron chi connectivity index (χ1n) is 9.10. The Bertz CT molecular complexity index is 771. The van der Waals surface area contributed by atoms with Gasteiger partial charge in [-0.2, -0.15) is 0 Å². The van der Waals surface area contributed by atoms with Gasteiger partial charge in [0, 0.05) is 33.2 Å². The number of benzene rings is 1. The van der Waals surface area contributed by atoms with Crippen LogP contribution in [0.15, 0.2) is 17.1 Å².